The molecule has 1 saturated carbocycles. The van der Waals surface area contributed by atoms with E-state index < -0.39 is 6.17 Å². The Bertz CT molecular complexity index is 198. The zero-order chi connectivity index (χ0) is 10.1. The van der Waals surface area contributed by atoms with Crippen molar-refractivity contribution >= 4 is 5.91 Å². The molecule has 0 radical (unpaired) electrons. The van der Waals surface area contributed by atoms with Crippen LogP contribution in [0, 0.1) is 5.41 Å². The molecule has 1 N–H and O–H groups in total. The van der Waals surface area contributed by atoms with Crippen LogP contribution in [-0.4, -0.2) is 18.1 Å². The van der Waals surface area contributed by atoms with Crippen molar-refractivity contribution in [2.45, 2.75) is 52.2 Å². The van der Waals surface area contributed by atoms with Crippen LogP contribution in [0.5, 0.6) is 0 Å². The SMILES string of the molecule is CC(C)(C)C(=O)NC1CCC(F)C1. The fraction of sp³-hybridized carbons (Fsp3) is 0.900. The van der Waals surface area contributed by atoms with Crippen LogP contribution in [0.1, 0.15) is 40.0 Å². The van der Waals surface area contributed by atoms with Gasteiger partial charge >= 0.3 is 0 Å². The lowest BCUT2D eigenvalue weighted by Gasteiger charge is -2.21. The van der Waals surface area contributed by atoms with E-state index in [2.05, 4.69) is 5.32 Å². The number of carbonyl (C=O) groups excluding carboxylic acids is 1. The van der Waals surface area contributed by atoms with Crippen LogP contribution in [-0.2, 0) is 4.79 Å². The Hall–Kier alpha value is -0.600. The molecule has 0 aromatic rings. The molecule has 1 fully saturated rings. The van der Waals surface area contributed by atoms with E-state index in [9.17, 15) is 9.18 Å². The molecule has 2 nitrogen and oxygen atoms in total. The first-order chi connectivity index (χ1) is 5.89. The number of amides is 1. The third-order valence-corrected chi connectivity index (χ3v) is 2.39. The van der Waals surface area contributed by atoms with Gasteiger partial charge in [0, 0.05) is 11.5 Å². The van der Waals surface area contributed by atoms with E-state index in [1.807, 2.05) is 20.8 Å². The molecule has 76 valence electrons. The summed E-state index contributed by atoms with van der Waals surface area (Å²) in [6.07, 6.45) is 1.14. The van der Waals surface area contributed by atoms with Crippen LogP contribution in [0.25, 0.3) is 0 Å². The van der Waals surface area contributed by atoms with Crippen molar-refractivity contribution < 1.29 is 9.18 Å². The minimum atomic E-state index is -0.717. The molecule has 0 aliphatic heterocycles. The monoisotopic (exact) mass is 187 g/mol. The molecule has 0 bridgehead atoms. The van der Waals surface area contributed by atoms with E-state index in [1.165, 1.54) is 0 Å². The molecule has 3 heteroatoms. The maximum Gasteiger partial charge on any atom is 0.225 e. The fourth-order valence-electron chi connectivity index (χ4n) is 1.46. The Morgan fingerprint density at radius 3 is 2.38 bits per heavy atom. The average molecular weight is 187 g/mol. The highest BCUT2D eigenvalue weighted by molar-refractivity contribution is 5.81. The van der Waals surface area contributed by atoms with Crippen molar-refractivity contribution in [1.29, 1.82) is 0 Å². The molecule has 1 rings (SSSR count). The molecule has 0 heterocycles. The van der Waals surface area contributed by atoms with E-state index in [0.717, 1.165) is 6.42 Å². The number of nitrogens with one attached hydrogen (secondary N) is 1. The van der Waals surface area contributed by atoms with Crippen LogP contribution in [0.15, 0.2) is 0 Å². The van der Waals surface area contributed by atoms with Gasteiger partial charge in [0.05, 0.1) is 0 Å². The Balaban J connectivity index is 2.37. The minimum Gasteiger partial charge on any atom is -0.353 e. The highest BCUT2D eigenvalue weighted by Crippen LogP contribution is 2.23. The minimum absolute atomic E-state index is 0.0200. The normalized spacial score (nSPS) is 28.9. The number of carbonyl (C=O) groups is 1. The summed E-state index contributed by atoms with van der Waals surface area (Å²) in [5.74, 6) is 0.0200. The standard InChI is InChI=1S/C10H18FNO/c1-10(2,3)9(13)12-8-5-4-7(11)6-8/h7-8H,4-6H2,1-3H3,(H,12,13). The third-order valence-electron chi connectivity index (χ3n) is 2.39. The molecule has 2 unspecified atom stereocenters. The molecule has 0 saturated heterocycles. The third kappa shape index (κ3) is 2.98. The van der Waals surface area contributed by atoms with Gasteiger partial charge in [0.2, 0.25) is 5.91 Å². The molecule has 13 heavy (non-hydrogen) atoms. The summed E-state index contributed by atoms with van der Waals surface area (Å²) in [5, 5.41) is 2.87. The number of hydrogen-bond donors (Lipinski definition) is 1. The predicted molar refractivity (Wildman–Crippen MR) is 50.1 cm³/mol. The van der Waals surface area contributed by atoms with Crippen LogP contribution in [0.3, 0.4) is 0 Å². The van der Waals surface area contributed by atoms with Crippen molar-refractivity contribution in [2.24, 2.45) is 5.41 Å². The van der Waals surface area contributed by atoms with Gasteiger partial charge in [-0.25, -0.2) is 4.39 Å². The predicted octanol–water partition coefficient (Wildman–Crippen LogP) is 2.04. The van der Waals surface area contributed by atoms with Gasteiger partial charge in [0.15, 0.2) is 0 Å². The van der Waals surface area contributed by atoms with E-state index >= 15 is 0 Å². The van der Waals surface area contributed by atoms with Crippen LogP contribution in [0.2, 0.25) is 0 Å². The van der Waals surface area contributed by atoms with Crippen LogP contribution >= 0.6 is 0 Å². The van der Waals surface area contributed by atoms with Gasteiger partial charge in [-0.2, -0.15) is 0 Å². The smallest absolute Gasteiger partial charge is 0.225 e. The summed E-state index contributed by atoms with van der Waals surface area (Å²) in [7, 11) is 0. The average Bonchev–Trinajstić information content (AvgIpc) is 2.33. The maximum atomic E-state index is 12.8. The summed E-state index contributed by atoms with van der Waals surface area (Å²) in [6, 6.07) is 0.0572. The Labute approximate surface area is 78.9 Å². The second-order valence-corrected chi connectivity index (χ2v) is 4.83. The van der Waals surface area contributed by atoms with E-state index in [4.69, 9.17) is 0 Å². The molecular formula is C10H18FNO. The maximum absolute atomic E-state index is 12.8. The first kappa shape index (κ1) is 10.5. The first-order valence-electron chi connectivity index (χ1n) is 4.84. The molecule has 1 aliphatic carbocycles. The molecule has 0 spiro atoms. The Morgan fingerprint density at radius 1 is 1.38 bits per heavy atom. The van der Waals surface area contributed by atoms with Gasteiger partial charge < -0.3 is 5.32 Å². The number of hydrogen-bond acceptors (Lipinski definition) is 1. The lowest BCUT2D eigenvalue weighted by Crippen LogP contribution is -2.40. The number of halogens is 1. The lowest BCUT2D eigenvalue weighted by atomic mass is 9.95. The van der Waals surface area contributed by atoms with Gasteiger partial charge in [-0.05, 0) is 19.3 Å². The molecule has 2 atom stereocenters. The van der Waals surface area contributed by atoms with Crippen molar-refractivity contribution in [1.82, 2.24) is 5.32 Å². The molecular weight excluding hydrogens is 169 g/mol. The lowest BCUT2D eigenvalue weighted by molar-refractivity contribution is -0.129. The van der Waals surface area contributed by atoms with Crippen molar-refractivity contribution in [2.75, 3.05) is 0 Å². The zero-order valence-corrected chi connectivity index (χ0v) is 8.56. The van der Waals surface area contributed by atoms with Crippen LogP contribution < -0.4 is 5.32 Å². The molecule has 0 aromatic carbocycles. The quantitative estimate of drug-likeness (QED) is 0.668. The van der Waals surface area contributed by atoms with Crippen molar-refractivity contribution in [3.8, 4) is 0 Å². The summed E-state index contributed by atoms with van der Waals surface area (Å²) in [5.41, 5.74) is -0.367. The highest BCUT2D eigenvalue weighted by atomic mass is 19.1. The first-order valence-corrected chi connectivity index (χ1v) is 4.84. The van der Waals surface area contributed by atoms with E-state index in [0.29, 0.717) is 12.8 Å². The Kier molecular flexibility index (Phi) is 2.94. The number of rotatable bonds is 1. The number of alkyl halides is 1. The van der Waals surface area contributed by atoms with Crippen LogP contribution in [0.4, 0.5) is 4.39 Å². The molecule has 0 aromatic heterocycles. The topological polar surface area (TPSA) is 29.1 Å². The van der Waals surface area contributed by atoms with Gasteiger partial charge in [-0.3, -0.25) is 4.79 Å². The van der Waals surface area contributed by atoms with Crippen molar-refractivity contribution in [3.63, 3.8) is 0 Å². The molecule has 1 amide bonds. The van der Waals surface area contributed by atoms with Crippen molar-refractivity contribution in [3.05, 3.63) is 0 Å². The van der Waals surface area contributed by atoms with E-state index in [1.54, 1.807) is 0 Å². The molecule has 1 aliphatic rings. The second-order valence-electron chi connectivity index (χ2n) is 4.83. The van der Waals surface area contributed by atoms with E-state index in [-0.39, 0.29) is 17.4 Å². The highest BCUT2D eigenvalue weighted by Gasteiger charge is 2.29. The van der Waals surface area contributed by atoms with Gasteiger partial charge in [0.1, 0.15) is 6.17 Å². The Morgan fingerprint density at radius 2 is 2.00 bits per heavy atom. The summed E-state index contributed by atoms with van der Waals surface area (Å²) in [4.78, 5) is 11.5. The van der Waals surface area contributed by atoms with Gasteiger partial charge in [-0.1, -0.05) is 20.8 Å². The largest absolute Gasteiger partial charge is 0.353 e. The zero-order valence-electron chi connectivity index (χ0n) is 8.56. The summed E-state index contributed by atoms with van der Waals surface area (Å²) < 4.78 is 12.8. The van der Waals surface area contributed by atoms with Gasteiger partial charge in [0.25, 0.3) is 0 Å². The summed E-state index contributed by atoms with van der Waals surface area (Å²) in [6.45, 7) is 5.60. The van der Waals surface area contributed by atoms with Gasteiger partial charge in [-0.15, -0.1) is 0 Å². The fourth-order valence-corrected chi connectivity index (χ4v) is 1.46. The summed E-state index contributed by atoms with van der Waals surface area (Å²) >= 11 is 0. The second kappa shape index (κ2) is 3.64.